The van der Waals surface area contributed by atoms with Gasteiger partial charge in [0.25, 0.3) is 0 Å². The van der Waals surface area contributed by atoms with Gasteiger partial charge in [-0.2, -0.15) is 13.5 Å². The van der Waals surface area contributed by atoms with E-state index in [1.165, 1.54) is 7.11 Å². The van der Waals surface area contributed by atoms with Crippen molar-refractivity contribution >= 4 is 25.2 Å². The minimum atomic E-state index is -1.03. The fourth-order valence-corrected chi connectivity index (χ4v) is 5.59. The maximum atomic E-state index is 13.9. The second-order valence-corrected chi connectivity index (χ2v) is 8.62. The summed E-state index contributed by atoms with van der Waals surface area (Å²) >= 11 is 0. The smallest absolute Gasteiger partial charge is 0.323 e. The number of rotatable bonds is 4. The SMILES string of the molecule is COC(=O)[C@@H]1CCCN1C1(c2ccccc2)C(=O)Cc2ccc(-c3c(C)noc3C)cc21.S. The minimum Gasteiger partial charge on any atom is -0.468 e. The van der Waals surface area contributed by atoms with Gasteiger partial charge in [0.15, 0.2) is 5.78 Å². The highest BCUT2D eigenvalue weighted by molar-refractivity contribution is 7.59. The fourth-order valence-electron chi connectivity index (χ4n) is 5.59. The van der Waals surface area contributed by atoms with Crippen LogP contribution in [0.1, 0.15) is 41.0 Å². The molecular formula is C26H28N2O4S. The van der Waals surface area contributed by atoms with Crippen LogP contribution in [0, 0.1) is 13.8 Å². The number of hydrogen-bond acceptors (Lipinski definition) is 6. The Labute approximate surface area is 200 Å². The van der Waals surface area contributed by atoms with Crippen LogP contribution in [0.2, 0.25) is 0 Å². The highest BCUT2D eigenvalue weighted by Crippen LogP contribution is 2.48. The predicted molar refractivity (Wildman–Crippen MR) is 129 cm³/mol. The van der Waals surface area contributed by atoms with E-state index >= 15 is 0 Å². The third-order valence-corrected chi connectivity index (χ3v) is 6.92. The van der Waals surface area contributed by atoms with Gasteiger partial charge in [-0.3, -0.25) is 14.5 Å². The Morgan fingerprint density at radius 2 is 1.94 bits per heavy atom. The molecule has 33 heavy (non-hydrogen) atoms. The molecule has 172 valence electrons. The van der Waals surface area contributed by atoms with Gasteiger partial charge in [0, 0.05) is 18.5 Å². The number of carbonyl (C=O) groups is 2. The van der Waals surface area contributed by atoms with E-state index in [4.69, 9.17) is 9.26 Å². The molecule has 1 aliphatic carbocycles. The van der Waals surface area contributed by atoms with Crippen LogP contribution in [0.4, 0.5) is 0 Å². The van der Waals surface area contributed by atoms with Gasteiger partial charge in [-0.05, 0) is 55.0 Å². The zero-order chi connectivity index (χ0) is 22.5. The first kappa shape index (κ1) is 23.3. The largest absolute Gasteiger partial charge is 0.468 e. The summed E-state index contributed by atoms with van der Waals surface area (Å²) in [5.74, 6) is 0.539. The van der Waals surface area contributed by atoms with E-state index in [1.807, 2.05) is 56.3 Å². The highest BCUT2D eigenvalue weighted by Gasteiger charge is 2.56. The molecular weight excluding hydrogens is 436 g/mol. The van der Waals surface area contributed by atoms with Gasteiger partial charge >= 0.3 is 5.97 Å². The van der Waals surface area contributed by atoms with Crippen LogP contribution < -0.4 is 0 Å². The second kappa shape index (κ2) is 8.80. The third kappa shape index (κ3) is 3.42. The molecule has 3 aromatic rings. The molecule has 0 amide bonds. The lowest BCUT2D eigenvalue weighted by atomic mass is 9.80. The van der Waals surface area contributed by atoms with Gasteiger partial charge in [-0.15, -0.1) is 0 Å². The molecule has 0 spiro atoms. The van der Waals surface area contributed by atoms with E-state index < -0.39 is 11.6 Å². The number of Topliss-reactive ketones (excluding diaryl/α,β-unsaturated/α-hetero) is 1. The first-order valence-electron chi connectivity index (χ1n) is 11.0. The lowest BCUT2D eigenvalue weighted by Crippen LogP contribution is -2.55. The number of ketones is 1. The maximum absolute atomic E-state index is 13.9. The molecule has 0 N–H and O–H groups in total. The lowest BCUT2D eigenvalue weighted by molar-refractivity contribution is -0.149. The van der Waals surface area contributed by atoms with E-state index in [1.54, 1.807) is 0 Å². The number of aromatic nitrogens is 1. The van der Waals surface area contributed by atoms with Crippen molar-refractivity contribution in [1.29, 1.82) is 0 Å². The summed E-state index contributed by atoms with van der Waals surface area (Å²) in [6, 6.07) is 15.5. The highest BCUT2D eigenvalue weighted by atomic mass is 32.1. The van der Waals surface area contributed by atoms with E-state index in [-0.39, 0.29) is 25.2 Å². The van der Waals surface area contributed by atoms with Crippen molar-refractivity contribution < 1.29 is 18.8 Å². The van der Waals surface area contributed by atoms with Crippen LogP contribution in [0.25, 0.3) is 11.1 Å². The predicted octanol–water partition coefficient (Wildman–Crippen LogP) is 4.08. The first-order chi connectivity index (χ1) is 15.5. The summed E-state index contributed by atoms with van der Waals surface area (Å²) in [5.41, 5.74) is 4.50. The number of hydrogen-bond donors (Lipinski definition) is 0. The molecule has 5 rings (SSSR count). The number of fused-ring (bicyclic) bond motifs is 1. The second-order valence-electron chi connectivity index (χ2n) is 8.62. The fraction of sp³-hybridized carbons (Fsp3) is 0.346. The molecule has 1 aliphatic heterocycles. The quantitative estimate of drug-likeness (QED) is 0.542. The molecule has 2 aliphatic rings. The summed E-state index contributed by atoms with van der Waals surface area (Å²) < 4.78 is 10.5. The standard InChI is InChI=1S/C26H26N2O4.H2S/c1-16-24(17(2)32-27-16)19-12-11-18-15-23(29)26(21(18)14-19,20-8-5-4-6-9-20)28-13-7-10-22(28)25(30)31-3;/h4-6,8-9,11-12,14,22H,7,10,13,15H2,1-3H3;1H2/t22-,26?;/m0./s1. The van der Waals surface area contributed by atoms with E-state index in [0.29, 0.717) is 19.4 Å². The van der Waals surface area contributed by atoms with E-state index in [0.717, 1.165) is 45.7 Å². The van der Waals surface area contributed by atoms with Crippen LogP contribution in [0.5, 0.6) is 0 Å². The number of benzene rings is 2. The monoisotopic (exact) mass is 464 g/mol. The van der Waals surface area contributed by atoms with E-state index in [9.17, 15) is 9.59 Å². The van der Waals surface area contributed by atoms with Crippen molar-refractivity contribution in [2.24, 2.45) is 0 Å². The number of methoxy groups -OCH3 is 1. The van der Waals surface area contributed by atoms with Crippen LogP contribution in [-0.4, -0.2) is 41.5 Å². The Morgan fingerprint density at radius 1 is 1.18 bits per heavy atom. The Hall–Kier alpha value is -2.90. The van der Waals surface area contributed by atoms with Crippen molar-refractivity contribution in [2.45, 2.75) is 44.7 Å². The average molecular weight is 465 g/mol. The number of aryl methyl sites for hydroxylation is 2. The molecule has 1 aromatic heterocycles. The van der Waals surface area contributed by atoms with Crippen LogP contribution in [-0.2, 0) is 26.3 Å². The normalized spacial score (nSPS) is 22.2. The summed E-state index contributed by atoms with van der Waals surface area (Å²) in [5, 5.41) is 4.11. The summed E-state index contributed by atoms with van der Waals surface area (Å²) in [6.45, 7) is 4.46. The van der Waals surface area contributed by atoms with E-state index in [2.05, 4.69) is 16.1 Å². The summed E-state index contributed by atoms with van der Waals surface area (Å²) in [7, 11) is 1.41. The molecule has 1 fully saturated rings. The Balaban J connectivity index is 0.00000259. The van der Waals surface area contributed by atoms with Crippen LogP contribution in [0.3, 0.4) is 0 Å². The number of ether oxygens (including phenoxy) is 1. The first-order valence-corrected chi connectivity index (χ1v) is 11.0. The Kier molecular flexibility index (Phi) is 6.20. The van der Waals surface area contributed by atoms with Gasteiger partial charge < -0.3 is 9.26 Å². The Bertz CT molecular complexity index is 1190. The van der Waals surface area contributed by atoms with Gasteiger partial charge in [0.2, 0.25) is 0 Å². The lowest BCUT2D eigenvalue weighted by Gasteiger charge is -2.41. The number of likely N-dealkylation sites (tertiary alicyclic amines) is 1. The molecule has 2 aromatic carbocycles. The van der Waals surface area contributed by atoms with Crippen molar-refractivity contribution in [1.82, 2.24) is 10.1 Å². The number of esters is 1. The zero-order valence-corrected chi connectivity index (χ0v) is 20.1. The average Bonchev–Trinajstić information content (AvgIpc) is 3.49. The minimum absolute atomic E-state index is 0. The molecule has 1 saturated heterocycles. The molecule has 0 bridgehead atoms. The summed E-state index contributed by atoms with van der Waals surface area (Å²) in [4.78, 5) is 28.7. The van der Waals surface area contributed by atoms with Gasteiger partial charge in [-0.1, -0.05) is 47.6 Å². The van der Waals surface area contributed by atoms with Crippen molar-refractivity contribution in [3.8, 4) is 11.1 Å². The molecule has 0 radical (unpaired) electrons. The van der Waals surface area contributed by atoms with Crippen molar-refractivity contribution in [3.05, 3.63) is 76.7 Å². The topological polar surface area (TPSA) is 72.6 Å². The van der Waals surface area contributed by atoms with Gasteiger partial charge in [0.05, 0.1) is 12.8 Å². The van der Waals surface area contributed by atoms with Crippen LogP contribution in [0.15, 0.2) is 53.1 Å². The molecule has 1 unspecified atom stereocenters. The molecule has 6 nitrogen and oxygen atoms in total. The van der Waals surface area contributed by atoms with Crippen LogP contribution >= 0.6 is 13.5 Å². The van der Waals surface area contributed by atoms with Gasteiger partial charge in [0.1, 0.15) is 17.3 Å². The number of carbonyl (C=O) groups excluding carboxylic acids is 2. The van der Waals surface area contributed by atoms with Crippen molar-refractivity contribution in [2.75, 3.05) is 13.7 Å². The molecule has 2 atom stereocenters. The number of nitrogens with zero attached hydrogens (tertiary/aromatic N) is 2. The summed E-state index contributed by atoms with van der Waals surface area (Å²) in [6.07, 6.45) is 1.84. The molecule has 2 heterocycles. The van der Waals surface area contributed by atoms with Crippen molar-refractivity contribution in [3.63, 3.8) is 0 Å². The van der Waals surface area contributed by atoms with Gasteiger partial charge in [-0.25, -0.2) is 0 Å². The Morgan fingerprint density at radius 3 is 2.61 bits per heavy atom. The maximum Gasteiger partial charge on any atom is 0.323 e. The molecule has 0 saturated carbocycles. The third-order valence-electron chi connectivity index (χ3n) is 6.92. The zero-order valence-electron chi connectivity index (χ0n) is 19.1. The molecule has 7 heteroatoms.